The maximum Gasteiger partial charge on any atom is 0.338 e. The van der Waals surface area contributed by atoms with Gasteiger partial charge in [-0.3, -0.25) is 19.2 Å². The van der Waals surface area contributed by atoms with Crippen molar-refractivity contribution in [3.8, 4) is 0 Å². The van der Waals surface area contributed by atoms with Gasteiger partial charge in [0.15, 0.2) is 17.5 Å². The second kappa shape index (κ2) is 19.4. The van der Waals surface area contributed by atoms with Crippen LogP contribution in [0.2, 0.25) is 0 Å². The Hall–Kier alpha value is -4.21. The van der Waals surface area contributed by atoms with E-state index in [4.69, 9.17) is 18.9 Å². The van der Waals surface area contributed by atoms with Gasteiger partial charge >= 0.3 is 17.9 Å². The lowest BCUT2D eigenvalue weighted by Gasteiger charge is -2.57. The number of ether oxygens (including phenoxy) is 4. The quantitative estimate of drug-likeness (QED) is 0.0534. The first kappa shape index (κ1) is 47.5. The highest BCUT2D eigenvalue weighted by Crippen LogP contribution is 2.55. The number of aliphatic hydroxyl groups is 4. The van der Waals surface area contributed by atoms with Crippen molar-refractivity contribution in [2.24, 2.45) is 10.8 Å². The Morgan fingerprint density at radius 1 is 1.00 bits per heavy atom. The van der Waals surface area contributed by atoms with Crippen LogP contribution < -0.4 is 5.32 Å². The molecule has 3 aliphatic rings. The molecule has 1 saturated carbocycles. The third-order valence-electron chi connectivity index (χ3n) is 12.7. The number of hydrogen-bond acceptors (Lipinski definition) is 13. The topological polar surface area (TPSA) is 215 Å². The molecule has 5 N–H and O–H groups in total. The van der Waals surface area contributed by atoms with Crippen molar-refractivity contribution >= 4 is 29.6 Å². The van der Waals surface area contributed by atoms with E-state index in [0.717, 1.165) is 12.8 Å². The maximum absolute atomic E-state index is 14.7. The van der Waals surface area contributed by atoms with Crippen molar-refractivity contribution in [1.29, 1.82) is 0 Å². The van der Waals surface area contributed by atoms with Gasteiger partial charge < -0.3 is 44.7 Å². The second-order valence-corrected chi connectivity index (χ2v) is 17.1. The van der Waals surface area contributed by atoms with Crippen LogP contribution in [0.15, 0.2) is 66.8 Å². The van der Waals surface area contributed by atoms with Crippen LogP contribution in [0.5, 0.6) is 0 Å². The zero-order valence-electron chi connectivity index (χ0n) is 35.2. The molecule has 1 aliphatic heterocycles. The summed E-state index contributed by atoms with van der Waals surface area (Å²) < 4.78 is 23.0. The number of carbonyl (C=O) groups excluding carboxylic acids is 5. The lowest BCUT2D eigenvalue weighted by Crippen LogP contribution is -2.70. The molecule has 10 atom stereocenters. The average molecular weight is 826 g/mol. The molecular formula is C45H63NO13. The molecular weight excluding hydrogens is 762 g/mol. The summed E-state index contributed by atoms with van der Waals surface area (Å²) in [6, 6.07) is 7.17. The van der Waals surface area contributed by atoms with Gasteiger partial charge in [0, 0.05) is 44.4 Å². The van der Waals surface area contributed by atoms with Crippen LogP contribution in [-0.2, 0) is 42.9 Å². The Bertz CT molecular complexity index is 1760. The molecule has 14 heteroatoms. The summed E-state index contributed by atoms with van der Waals surface area (Å²) in [5.41, 5.74) is -5.97. The molecule has 1 unspecified atom stereocenters. The highest BCUT2D eigenvalue weighted by atomic mass is 16.6. The van der Waals surface area contributed by atoms with E-state index in [1.165, 1.54) is 27.7 Å². The van der Waals surface area contributed by atoms with Crippen molar-refractivity contribution in [2.45, 2.75) is 160 Å². The number of carbonyl (C=O) groups is 5. The summed E-state index contributed by atoms with van der Waals surface area (Å²) in [4.78, 5) is 66.9. The van der Waals surface area contributed by atoms with Crippen molar-refractivity contribution in [3.05, 3.63) is 72.4 Å². The van der Waals surface area contributed by atoms with E-state index in [-0.39, 0.29) is 49.9 Å². The van der Waals surface area contributed by atoms with Crippen molar-refractivity contribution in [2.75, 3.05) is 6.61 Å². The van der Waals surface area contributed by atoms with E-state index in [9.17, 15) is 44.4 Å². The molecule has 4 rings (SSSR count). The van der Waals surface area contributed by atoms with Gasteiger partial charge in [-0.25, -0.2) is 4.79 Å². The lowest BCUT2D eigenvalue weighted by molar-refractivity contribution is -0.291. The van der Waals surface area contributed by atoms with Gasteiger partial charge in [0.05, 0.1) is 24.2 Å². The first-order valence-corrected chi connectivity index (χ1v) is 20.5. The van der Waals surface area contributed by atoms with E-state index in [0.29, 0.717) is 24.8 Å². The molecule has 0 aromatic heterocycles. The Balaban J connectivity index is 1.73. The van der Waals surface area contributed by atoms with Gasteiger partial charge in [-0.1, -0.05) is 56.3 Å². The van der Waals surface area contributed by atoms with Crippen LogP contribution >= 0.6 is 0 Å². The molecule has 1 amide bonds. The molecule has 326 valence electrons. The number of ketones is 1. The number of nitrogens with one attached hydrogen (secondary N) is 1. The van der Waals surface area contributed by atoms with Crippen molar-refractivity contribution in [3.63, 3.8) is 0 Å². The average Bonchev–Trinajstić information content (AvgIpc) is 3.17. The predicted octanol–water partition coefficient (Wildman–Crippen LogP) is 4.42. The van der Waals surface area contributed by atoms with Crippen LogP contribution in [0.4, 0.5) is 0 Å². The van der Waals surface area contributed by atoms with E-state index < -0.39 is 94.3 Å². The van der Waals surface area contributed by atoms with Crippen LogP contribution in [0.3, 0.4) is 0 Å². The monoisotopic (exact) mass is 825 g/mol. The van der Waals surface area contributed by atoms with E-state index in [2.05, 4.69) is 18.5 Å². The van der Waals surface area contributed by atoms with Crippen LogP contribution in [0.25, 0.3) is 0 Å². The van der Waals surface area contributed by atoms with Crippen LogP contribution in [-0.4, -0.2) is 104 Å². The molecule has 1 aromatic rings. The minimum atomic E-state index is -2.09. The third kappa shape index (κ3) is 10.1. The van der Waals surface area contributed by atoms with Gasteiger partial charge in [0.1, 0.15) is 30.0 Å². The molecule has 1 heterocycles. The van der Waals surface area contributed by atoms with Gasteiger partial charge in [-0.05, 0) is 69.6 Å². The number of allylic oxidation sites excluding steroid dienone is 2. The van der Waals surface area contributed by atoms with Gasteiger partial charge in [0.2, 0.25) is 5.91 Å². The summed E-state index contributed by atoms with van der Waals surface area (Å²) >= 11 is 0. The summed E-state index contributed by atoms with van der Waals surface area (Å²) in [6.45, 7) is 16.2. The number of unbranched alkanes of at least 4 members (excludes halogenated alkanes) is 3. The fourth-order valence-corrected chi connectivity index (χ4v) is 9.02. The molecule has 2 aliphatic carbocycles. The molecule has 0 bridgehead atoms. The number of Topliss-reactive ketones (excluding diaryl/α,β-unsaturated/α-hetero) is 1. The SMILES string of the molecule is C=CCCCCC(=O)N[C@@H](c1ccccc1)[C@@H](O)C(=O)OC1C[C@@](O)([C@H](C)OC(=O)CCCC=C)C(C)(C)C([C@@H](O)C(=O)[C@@]2(C)C[C@]3(OC(C)=O)CO[C@@H]3C[C@@H]2O)=C1C. The van der Waals surface area contributed by atoms with Gasteiger partial charge in [0.25, 0.3) is 0 Å². The highest BCUT2D eigenvalue weighted by molar-refractivity contribution is 5.92. The summed E-state index contributed by atoms with van der Waals surface area (Å²) in [5, 5.41) is 50.7. The number of fused-ring (bicyclic) bond motifs is 1. The summed E-state index contributed by atoms with van der Waals surface area (Å²) in [7, 11) is 0. The zero-order valence-corrected chi connectivity index (χ0v) is 35.2. The molecule has 2 fully saturated rings. The molecule has 59 heavy (non-hydrogen) atoms. The molecule has 14 nitrogen and oxygen atoms in total. The zero-order chi connectivity index (χ0) is 43.9. The van der Waals surface area contributed by atoms with E-state index in [1.54, 1.807) is 56.3 Å². The molecule has 0 radical (unpaired) electrons. The number of hydrogen-bond donors (Lipinski definition) is 5. The third-order valence-corrected chi connectivity index (χ3v) is 12.7. The minimum Gasteiger partial charge on any atom is -0.460 e. The van der Waals surface area contributed by atoms with E-state index >= 15 is 0 Å². The van der Waals surface area contributed by atoms with Crippen molar-refractivity contribution in [1.82, 2.24) is 5.32 Å². The van der Waals surface area contributed by atoms with Gasteiger partial charge in [-0.15, -0.1) is 13.2 Å². The Morgan fingerprint density at radius 2 is 1.64 bits per heavy atom. The Labute approximate surface area is 347 Å². The number of amides is 1. The molecule has 0 spiro atoms. The summed E-state index contributed by atoms with van der Waals surface area (Å²) in [6.07, 6.45) is -2.63. The first-order chi connectivity index (χ1) is 27.7. The number of esters is 3. The van der Waals surface area contributed by atoms with E-state index in [1.807, 2.05) is 0 Å². The standard InChI is InChI=1S/C45H63NO13/c1-9-11-13-18-21-34(49)46-37(30-19-16-14-17-20-30)39(52)41(54)58-31-24-45(55,28(4)57-35(50)22-15-12-10-2)42(6,7)36(27(31)3)38(51)40(53)43(8)25-44(59-29(5)47)26-56-33(44)23-32(43)48/h9-10,14,16-17,19-20,28,31-33,37-39,48,51-52,55H,1-2,11-13,15,18,21-26H2,3-8H3,(H,46,49)/t28-,31?,32-,33+,37-,38+,39+,43-,44-,45+/m0/s1. The van der Waals surface area contributed by atoms with Crippen LogP contribution in [0, 0.1) is 10.8 Å². The second-order valence-electron chi connectivity index (χ2n) is 17.1. The smallest absolute Gasteiger partial charge is 0.338 e. The molecule has 1 aromatic carbocycles. The predicted molar refractivity (Wildman–Crippen MR) is 216 cm³/mol. The normalized spacial score (nSPS) is 29.3. The fraction of sp³-hybridized carbons (Fsp3) is 0.622. The van der Waals surface area contributed by atoms with Crippen molar-refractivity contribution < 1.29 is 63.3 Å². The first-order valence-electron chi connectivity index (χ1n) is 20.5. The number of benzene rings is 1. The van der Waals surface area contributed by atoms with Crippen LogP contribution in [0.1, 0.15) is 117 Å². The highest BCUT2D eigenvalue weighted by Gasteiger charge is 2.65. The fourth-order valence-electron chi connectivity index (χ4n) is 9.02. The Kier molecular flexibility index (Phi) is 15.6. The largest absolute Gasteiger partial charge is 0.460 e. The number of aliphatic hydroxyl groups excluding tert-OH is 3. The number of rotatable bonds is 20. The lowest BCUT2D eigenvalue weighted by atomic mass is 9.55. The summed E-state index contributed by atoms with van der Waals surface area (Å²) in [5.74, 6) is -3.62. The minimum absolute atomic E-state index is 0.00826. The van der Waals surface area contributed by atoms with Gasteiger partial charge in [-0.2, -0.15) is 0 Å². The molecule has 1 saturated heterocycles. The maximum atomic E-state index is 14.7. The Morgan fingerprint density at radius 3 is 2.24 bits per heavy atom.